The van der Waals surface area contributed by atoms with E-state index in [9.17, 15) is 15.0 Å². The number of Topliss-reactive ketones (excluding diaryl/α,β-unsaturated/α-hetero) is 1. The average Bonchev–Trinajstić information content (AvgIpc) is 2.71. The van der Waals surface area contributed by atoms with E-state index in [1.807, 2.05) is 36.5 Å². The van der Waals surface area contributed by atoms with Crippen LogP contribution in [0.1, 0.15) is 58.3 Å². The lowest BCUT2D eigenvalue weighted by molar-refractivity contribution is -0.119. The van der Waals surface area contributed by atoms with Gasteiger partial charge in [0, 0.05) is 19.4 Å². The lowest BCUT2D eigenvalue weighted by Gasteiger charge is -2.03. The second-order valence-electron chi connectivity index (χ2n) is 6.72. The number of carbonyl (C=O) groups excluding carboxylic acids is 1. The highest BCUT2D eigenvalue weighted by Crippen LogP contribution is 2.04. The second kappa shape index (κ2) is 20.7. The van der Waals surface area contributed by atoms with Gasteiger partial charge >= 0.3 is 0 Å². The van der Waals surface area contributed by atoms with Crippen LogP contribution in [0.2, 0.25) is 0 Å². The van der Waals surface area contributed by atoms with Crippen LogP contribution in [0, 0.1) is 0 Å². The summed E-state index contributed by atoms with van der Waals surface area (Å²) in [7, 11) is 0. The van der Waals surface area contributed by atoms with E-state index in [1.54, 1.807) is 18.2 Å². The van der Waals surface area contributed by atoms with Crippen LogP contribution in [-0.4, -0.2) is 39.9 Å². The van der Waals surface area contributed by atoms with Gasteiger partial charge < -0.3 is 15.3 Å². The molecule has 0 amide bonds. The summed E-state index contributed by atoms with van der Waals surface area (Å²) in [6, 6.07) is 0. The number of ketones is 1. The number of carbonyl (C=O) groups is 1. The van der Waals surface area contributed by atoms with Crippen molar-refractivity contribution in [2.75, 3.05) is 6.61 Å². The Bertz CT molecular complexity index is 567. The van der Waals surface area contributed by atoms with Crippen LogP contribution >= 0.6 is 0 Å². The van der Waals surface area contributed by atoms with Gasteiger partial charge in [-0.15, -0.1) is 0 Å². The van der Waals surface area contributed by atoms with E-state index in [0.29, 0.717) is 32.1 Å². The lowest BCUT2D eigenvalue weighted by atomic mass is 10.1. The van der Waals surface area contributed by atoms with Gasteiger partial charge in [0.2, 0.25) is 0 Å². The van der Waals surface area contributed by atoms with Crippen LogP contribution in [0.25, 0.3) is 0 Å². The number of hydrogen-bond donors (Lipinski definition) is 3. The fourth-order valence-electron chi connectivity index (χ4n) is 2.34. The summed E-state index contributed by atoms with van der Waals surface area (Å²) in [5.74, 6) is 0.0806. The third kappa shape index (κ3) is 20.5. The predicted molar refractivity (Wildman–Crippen MR) is 122 cm³/mol. The van der Waals surface area contributed by atoms with Crippen molar-refractivity contribution in [3.8, 4) is 0 Å². The molecule has 0 radical (unpaired) electrons. The molecule has 2 atom stereocenters. The molecular formula is C25H38O4. The van der Waals surface area contributed by atoms with Crippen LogP contribution < -0.4 is 0 Å². The van der Waals surface area contributed by atoms with Crippen molar-refractivity contribution < 1.29 is 20.1 Å². The maximum atomic E-state index is 11.5. The van der Waals surface area contributed by atoms with Gasteiger partial charge in [-0.3, -0.25) is 4.79 Å². The number of rotatable bonds is 17. The summed E-state index contributed by atoms with van der Waals surface area (Å²) < 4.78 is 0. The molecule has 162 valence electrons. The van der Waals surface area contributed by atoms with Gasteiger partial charge in [0.15, 0.2) is 0 Å². The molecule has 0 aromatic rings. The van der Waals surface area contributed by atoms with E-state index in [4.69, 9.17) is 5.11 Å². The highest BCUT2D eigenvalue weighted by molar-refractivity contribution is 5.78. The summed E-state index contributed by atoms with van der Waals surface area (Å²) in [5, 5.41) is 28.2. The topological polar surface area (TPSA) is 77.8 Å². The van der Waals surface area contributed by atoms with E-state index in [-0.39, 0.29) is 12.4 Å². The first-order valence-electron chi connectivity index (χ1n) is 10.6. The maximum Gasteiger partial charge on any atom is 0.133 e. The molecule has 0 aliphatic heterocycles. The first-order valence-corrected chi connectivity index (χ1v) is 10.6. The number of hydrogen-bond acceptors (Lipinski definition) is 4. The molecule has 3 N–H and O–H groups in total. The molecule has 0 saturated carbocycles. The molecule has 0 fully saturated rings. The quantitative estimate of drug-likeness (QED) is 0.242. The Morgan fingerprint density at radius 1 is 0.793 bits per heavy atom. The van der Waals surface area contributed by atoms with Crippen molar-refractivity contribution in [2.24, 2.45) is 0 Å². The normalized spacial score (nSPS) is 15.2. The minimum Gasteiger partial charge on any atom is -0.396 e. The third-order valence-electron chi connectivity index (χ3n) is 3.98. The first-order chi connectivity index (χ1) is 14.1. The van der Waals surface area contributed by atoms with Gasteiger partial charge in [-0.05, 0) is 38.5 Å². The second-order valence-corrected chi connectivity index (χ2v) is 6.72. The molecule has 29 heavy (non-hydrogen) atoms. The van der Waals surface area contributed by atoms with Gasteiger partial charge in [-0.2, -0.15) is 0 Å². The molecule has 0 aliphatic rings. The summed E-state index contributed by atoms with van der Waals surface area (Å²) in [6.45, 7) is 2.10. The van der Waals surface area contributed by atoms with Crippen molar-refractivity contribution >= 4 is 5.78 Å². The van der Waals surface area contributed by atoms with Crippen LogP contribution in [0.3, 0.4) is 0 Å². The first kappa shape index (κ1) is 27.0. The highest BCUT2D eigenvalue weighted by Gasteiger charge is 2.05. The fraction of sp³-hybridized carbons (Fsp3) is 0.480. The van der Waals surface area contributed by atoms with Gasteiger partial charge in [0.05, 0.1) is 12.2 Å². The molecular weight excluding hydrogens is 364 g/mol. The lowest BCUT2D eigenvalue weighted by Crippen LogP contribution is -2.07. The van der Waals surface area contributed by atoms with E-state index in [1.165, 1.54) is 0 Å². The summed E-state index contributed by atoms with van der Waals surface area (Å²) >= 11 is 0. The molecule has 0 bridgehead atoms. The Morgan fingerprint density at radius 3 is 2.00 bits per heavy atom. The molecule has 0 saturated heterocycles. The Kier molecular flexibility index (Phi) is 19.3. The van der Waals surface area contributed by atoms with Gasteiger partial charge in [0.1, 0.15) is 5.78 Å². The van der Waals surface area contributed by atoms with E-state index in [0.717, 1.165) is 19.3 Å². The molecule has 0 aliphatic carbocycles. The SMILES string of the molecule is CC/C=C\C[C@H](O)/C=C/C=C\C/C=C\C/C=C\C=C\[C@H](O)CCC(=O)CCCO. The van der Waals surface area contributed by atoms with E-state index < -0.39 is 12.2 Å². The summed E-state index contributed by atoms with van der Waals surface area (Å²) in [4.78, 5) is 11.5. The van der Waals surface area contributed by atoms with Crippen molar-refractivity contribution in [1.29, 1.82) is 0 Å². The van der Waals surface area contributed by atoms with Crippen molar-refractivity contribution in [1.82, 2.24) is 0 Å². The number of allylic oxidation sites excluding steroid dienone is 9. The zero-order valence-electron chi connectivity index (χ0n) is 17.7. The van der Waals surface area contributed by atoms with Crippen molar-refractivity contribution in [3.63, 3.8) is 0 Å². The van der Waals surface area contributed by atoms with Gasteiger partial charge in [-0.1, -0.05) is 79.8 Å². The largest absolute Gasteiger partial charge is 0.396 e. The average molecular weight is 403 g/mol. The number of aliphatic hydroxyl groups excluding tert-OH is 3. The summed E-state index contributed by atoms with van der Waals surface area (Å²) in [5.41, 5.74) is 0. The van der Waals surface area contributed by atoms with Crippen LogP contribution in [-0.2, 0) is 4.79 Å². The molecule has 0 aromatic heterocycles. The minimum absolute atomic E-state index is 0.0299. The highest BCUT2D eigenvalue weighted by atomic mass is 16.3. The Balaban J connectivity index is 3.82. The smallest absolute Gasteiger partial charge is 0.133 e. The van der Waals surface area contributed by atoms with Gasteiger partial charge in [0.25, 0.3) is 0 Å². The zero-order chi connectivity index (χ0) is 21.6. The summed E-state index contributed by atoms with van der Waals surface area (Å²) in [6.07, 6.45) is 27.0. The predicted octanol–water partition coefficient (Wildman–Crippen LogP) is 4.75. The Hall–Kier alpha value is -2.01. The van der Waals surface area contributed by atoms with E-state index >= 15 is 0 Å². The molecule has 0 rings (SSSR count). The maximum absolute atomic E-state index is 11.5. The molecule has 0 unspecified atom stereocenters. The Morgan fingerprint density at radius 2 is 1.41 bits per heavy atom. The van der Waals surface area contributed by atoms with Crippen molar-refractivity contribution in [2.45, 2.75) is 70.5 Å². The molecule has 0 aromatic carbocycles. The van der Waals surface area contributed by atoms with Crippen molar-refractivity contribution in [3.05, 3.63) is 72.9 Å². The zero-order valence-corrected chi connectivity index (χ0v) is 17.7. The number of aliphatic hydroxyl groups is 3. The standard InChI is InChI=1S/C25H38O4/c1-2-3-12-16-23(27)17-13-10-8-6-4-5-7-9-11-14-18-24(28)20-21-25(29)19-15-22-26/h3-5,8-14,17-18,23-24,26-28H,2,6-7,15-16,19-22H2,1H3/b5-4-,10-8-,11-9-,12-3-,17-13+,18-14+/t23-,24-/m0/s1. The minimum atomic E-state index is -0.618. The monoisotopic (exact) mass is 402 g/mol. The van der Waals surface area contributed by atoms with Crippen LogP contribution in [0.4, 0.5) is 0 Å². The molecule has 0 heterocycles. The Labute approximate surface area is 176 Å². The molecule has 4 nitrogen and oxygen atoms in total. The third-order valence-corrected chi connectivity index (χ3v) is 3.98. The van der Waals surface area contributed by atoms with Gasteiger partial charge in [-0.25, -0.2) is 0 Å². The molecule has 0 spiro atoms. The van der Waals surface area contributed by atoms with Crippen LogP contribution in [0.15, 0.2) is 72.9 Å². The van der Waals surface area contributed by atoms with E-state index in [2.05, 4.69) is 25.2 Å². The molecule has 4 heteroatoms. The van der Waals surface area contributed by atoms with Crippen LogP contribution in [0.5, 0.6) is 0 Å². The fourth-order valence-corrected chi connectivity index (χ4v) is 2.34.